The van der Waals surface area contributed by atoms with Crippen molar-refractivity contribution in [1.82, 2.24) is 5.43 Å². The monoisotopic (exact) mass is 444 g/mol. The Bertz CT molecular complexity index is 1200. The number of nitrogens with one attached hydrogen (secondary N) is 1. The Labute approximate surface area is 190 Å². The van der Waals surface area contributed by atoms with E-state index >= 15 is 0 Å². The second-order valence-electron chi connectivity index (χ2n) is 7.04. The fourth-order valence-corrected chi connectivity index (χ4v) is 2.91. The van der Waals surface area contributed by atoms with Crippen LogP contribution in [0, 0.1) is 5.82 Å². The van der Waals surface area contributed by atoms with Gasteiger partial charge in [0.25, 0.3) is 5.91 Å². The van der Waals surface area contributed by atoms with Gasteiger partial charge in [-0.15, -0.1) is 0 Å². The van der Waals surface area contributed by atoms with E-state index in [0.29, 0.717) is 29.6 Å². The van der Waals surface area contributed by atoms with Gasteiger partial charge in [0.1, 0.15) is 35.4 Å². The Morgan fingerprint density at radius 2 is 1.58 bits per heavy atom. The van der Waals surface area contributed by atoms with Gasteiger partial charge in [-0.1, -0.05) is 30.3 Å². The molecule has 0 bridgehead atoms. The predicted octanol–water partition coefficient (Wildman–Crippen LogP) is 5.19. The van der Waals surface area contributed by atoms with Gasteiger partial charge in [0, 0.05) is 5.56 Å². The second kappa shape index (κ2) is 10.8. The molecule has 0 saturated heterocycles. The summed E-state index contributed by atoms with van der Waals surface area (Å²) < 4.78 is 29.8. The SMILES string of the molecule is O=C(COc1ccc(OCc2ccccc2)cc1)N/N=C/c1ccc(-c2ccc(F)cc2)o1. The van der Waals surface area contributed by atoms with E-state index in [-0.39, 0.29) is 12.4 Å². The van der Waals surface area contributed by atoms with Crippen LogP contribution in [0.4, 0.5) is 4.39 Å². The predicted molar refractivity (Wildman–Crippen MR) is 123 cm³/mol. The number of halogens is 1. The van der Waals surface area contributed by atoms with Crippen molar-refractivity contribution in [1.29, 1.82) is 0 Å². The Hall–Kier alpha value is -4.39. The van der Waals surface area contributed by atoms with E-state index in [1.54, 1.807) is 48.5 Å². The normalized spacial score (nSPS) is 10.8. The standard InChI is InChI=1S/C26H21FN2O4/c27-21-8-6-20(7-9-21)25-15-14-24(33-25)16-28-29-26(30)18-32-23-12-10-22(11-13-23)31-17-19-4-2-1-3-5-19/h1-16H,17-18H2,(H,29,30)/b28-16+. The fourth-order valence-electron chi connectivity index (χ4n) is 2.91. The number of rotatable bonds is 9. The molecule has 0 unspecified atom stereocenters. The van der Waals surface area contributed by atoms with Crippen molar-refractivity contribution < 1.29 is 23.1 Å². The first-order chi connectivity index (χ1) is 16.2. The number of furan rings is 1. The molecule has 1 N–H and O–H groups in total. The van der Waals surface area contributed by atoms with Gasteiger partial charge in [0.2, 0.25) is 0 Å². The quantitative estimate of drug-likeness (QED) is 0.285. The molecular formula is C26H21FN2O4. The zero-order valence-electron chi connectivity index (χ0n) is 17.6. The van der Waals surface area contributed by atoms with Gasteiger partial charge in [0.05, 0.1) is 6.21 Å². The van der Waals surface area contributed by atoms with Crippen molar-refractivity contribution >= 4 is 12.1 Å². The van der Waals surface area contributed by atoms with Crippen LogP contribution in [0.5, 0.6) is 11.5 Å². The smallest absolute Gasteiger partial charge is 0.277 e. The summed E-state index contributed by atoms with van der Waals surface area (Å²) in [5, 5.41) is 3.86. The summed E-state index contributed by atoms with van der Waals surface area (Å²) in [4.78, 5) is 12.0. The molecule has 7 heteroatoms. The zero-order chi connectivity index (χ0) is 22.9. The van der Waals surface area contributed by atoms with Gasteiger partial charge in [-0.05, 0) is 66.2 Å². The summed E-state index contributed by atoms with van der Waals surface area (Å²) in [6.07, 6.45) is 1.38. The van der Waals surface area contributed by atoms with Gasteiger partial charge in [0.15, 0.2) is 6.61 Å². The number of hydrogen-bond donors (Lipinski definition) is 1. The summed E-state index contributed by atoms with van der Waals surface area (Å²) >= 11 is 0. The summed E-state index contributed by atoms with van der Waals surface area (Å²) in [7, 11) is 0. The Kier molecular flexibility index (Phi) is 7.12. The van der Waals surface area contributed by atoms with Gasteiger partial charge >= 0.3 is 0 Å². The molecule has 4 aromatic rings. The van der Waals surface area contributed by atoms with Crippen molar-refractivity contribution in [3.05, 3.63) is 108 Å². The first kappa shape index (κ1) is 21.8. The number of carbonyl (C=O) groups is 1. The van der Waals surface area contributed by atoms with Crippen LogP contribution < -0.4 is 14.9 Å². The van der Waals surface area contributed by atoms with Crippen molar-refractivity contribution in [2.75, 3.05) is 6.61 Å². The number of hydrazone groups is 1. The van der Waals surface area contributed by atoms with Crippen LogP contribution in [0.15, 0.2) is 101 Å². The molecule has 1 heterocycles. The highest BCUT2D eigenvalue weighted by Crippen LogP contribution is 2.22. The maximum absolute atomic E-state index is 13.0. The van der Waals surface area contributed by atoms with E-state index in [9.17, 15) is 9.18 Å². The molecule has 0 spiro atoms. The number of amides is 1. The molecular weight excluding hydrogens is 423 g/mol. The number of carbonyl (C=O) groups excluding carboxylic acids is 1. The van der Waals surface area contributed by atoms with E-state index in [1.807, 2.05) is 30.3 Å². The van der Waals surface area contributed by atoms with Crippen LogP contribution in [0.1, 0.15) is 11.3 Å². The molecule has 1 amide bonds. The highest BCUT2D eigenvalue weighted by molar-refractivity contribution is 5.81. The van der Waals surface area contributed by atoms with Crippen LogP contribution in [0.25, 0.3) is 11.3 Å². The molecule has 0 aliphatic carbocycles. The largest absolute Gasteiger partial charge is 0.489 e. The van der Waals surface area contributed by atoms with Crippen molar-refractivity contribution in [3.8, 4) is 22.8 Å². The summed E-state index contributed by atoms with van der Waals surface area (Å²) in [6.45, 7) is 0.281. The minimum Gasteiger partial charge on any atom is -0.489 e. The molecule has 0 radical (unpaired) electrons. The van der Waals surface area contributed by atoms with E-state index in [4.69, 9.17) is 13.9 Å². The van der Waals surface area contributed by atoms with Crippen molar-refractivity contribution in [2.45, 2.75) is 6.61 Å². The highest BCUT2D eigenvalue weighted by atomic mass is 19.1. The Morgan fingerprint density at radius 3 is 2.30 bits per heavy atom. The van der Waals surface area contributed by atoms with Gasteiger partial charge in [-0.3, -0.25) is 4.79 Å². The third-order valence-electron chi connectivity index (χ3n) is 4.58. The molecule has 0 fully saturated rings. The second-order valence-corrected chi connectivity index (χ2v) is 7.04. The summed E-state index contributed by atoms with van der Waals surface area (Å²) in [6, 6.07) is 26.3. The van der Waals surface area contributed by atoms with E-state index < -0.39 is 5.91 Å². The Morgan fingerprint density at radius 1 is 0.879 bits per heavy atom. The first-order valence-electron chi connectivity index (χ1n) is 10.2. The van der Waals surface area contributed by atoms with Crippen LogP contribution >= 0.6 is 0 Å². The van der Waals surface area contributed by atoms with Gasteiger partial charge < -0.3 is 13.9 Å². The molecule has 3 aromatic carbocycles. The molecule has 166 valence electrons. The highest BCUT2D eigenvalue weighted by Gasteiger charge is 2.05. The third kappa shape index (κ3) is 6.54. The van der Waals surface area contributed by atoms with Crippen LogP contribution in [0.3, 0.4) is 0 Å². The summed E-state index contributed by atoms with van der Waals surface area (Å²) in [5.74, 6) is 1.53. The third-order valence-corrected chi connectivity index (χ3v) is 4.58. The van der Waals surface area contributed by atoms with Crippen LogP contribution in [0.2, 0.25) is 0 Å². The molecule has 4 rings (SSSR count). The molecule has 0 aliphatic rings. The average Bonchev–Trinajstić information content (AvgIpc) is 3.32. The topological polar surface area (TPSA) is 73.1 Å². The Balaban J connectivity index is 1.20. The van der Waals surface area contributed by atoms with Gasteiger partial charge in [-0.25, -0.2) is 9.82 Å². The molecule has 1 aromatic heterocycles. The van der Waals surface area contributed by atoms with Crippen molar-refractivity contribution in [3.63, 3.8) is 0 Å². The first-order valence-corrected chi connectivity index (χ1v) is 10.2. The fraction of sp³-hybridized carbons (Fsp3) is 0.0769. The minimum absolute atomic E-state index is 0.194. The minimum atomic E-state index is -0.416. The average molecular weight is 444 g/mol. The van der Waals surface area contributed by atoms with E-state index in [2.05, 4.69) is 10.5 Å². The lowest BCUT2D eigenvalue weighted by molar-refractivity contribution is -0.123. The zero-order valence-corrected chi connectivity index (χ0v) is 17.6. The lowest BCUT2D eigenvalue weighted by Gasteiger charge is -2.08. The maximum Gasteiger partial charge on any atom is 0.277 e. The van der Waals surface area contributed by atoms with Crippen LogP contribution in [-0.4, -0.2) is 18.7 Å². The molecule has 6 nitrogen and oxygen atoms in total. The van der Waals surface area contributed by atoms with E-state index in [0.717, 1.165) is 11.1 Å². The number of nitrogens with zero attached hydrogens (tertiary/aromatic N) is 1. The van der Waals surface area contributed by atoms with Crippen molar-refractivity contribution in [2.24, 2.45) is 5.10 Å². The maximum atomic E-state index is 13.0. The van der Waals surface area contributed by atoms with E-state index in [1.165, 1.54) is 18.3 Å². The molecule has 33 heavy (non-hydrogen) atoms. The number of hydrogen-bond acceptors (Lipinski definition) is 5. The lowest BCUT2D eigenvalue weighted by Crippen LogP contribution is -2.24. The summed E-state index contributed by atoms with van der Waals surface area (Å²) in [5.41, 5.74) is 4.20. The number of benzene rings is 3. The molecule has 0 atom stereocenters. The molecule has 0 aliphatic heterocycles. The lowest BCUT2D eigenvalue weighted by atomic mass is 10.2. The number of ether oxygens (including phenoxy) is 2. The van der Waals surface area contributed by atoms with Crippen LogP contribution in [-0.2, 0) is 11.4 Å². The molecule has 0 saturated carbocycles. The van der Waals surface area contributed by atoms with Gasteiger partial charge in [-0.2, -0.15) is 5.10 Å².